The minimum absolute atomic E-state index is 0. The number of nitrogens with zero attached hydrogens (tertiary/aromatic N) is 1. The average Bonchev–Trinajstić information content (AvgIpc) is 2.74. The van der Waals surface area contributed by atoms with Gasteiger partial charge in [0.25, 0.3) is 0 Å². The number of likely N-dealkylation sites (tertiary alicyclic amines) is 1. The number of carbonyl (C=O) groups is 1. The maximum atomic E-state index is 11.6. The van der Waals surface area contributed by atoms with E-state index < -0.39 is 0 Å². The lowest BCUT2D eigenvalue weighted by atomic mass is 10.3. The summed E-state index contributed by atoms with van der Waals surface area (Å²) in [5.74, 6) is 0. The first kappa shape index (κ1) is 11.6. The Morgan fingerprint density at radius 1 is 1.36 bits per heavy atom. The van der Waals surface area contributed by atoms with Crippen LogP contribution in [0.1, 0.15) is 19.3 Å². The Labute approximate surface area is 90.8 Å². The summed E-state index contributed by atoms with van der Waals surface area (Å²) in [6, 6.07) is 0.485. The molecule has 2 N–H and O–H groups in total. The minimum atomic E-state index is 0. The highest BCUT2D eigenvalue weighted by atomic mass is 35.5. The number of amides is 2. The number of urea groups is 1. The molecule has 0 bridgehead atoms. The number of rotatable bonds is 1. The molecular weight excluding hydrogens is 202 g/mol. The predicted octanol–water partition coefficient (Wildman–Crippen LogP) is 0.575. The van der Waals surface area contributed by atoms with Gasteiger partial charge in [0.05, 0.1) is 0 Å². The molecular formula is C9H18ClN3O. The first-order chi connectivity index (χ1) is 6.36. The molecule has 1 atom stereocenters. The van der Waals surface area contributed by atoms with E-state index in [9.17, 15) is 4.79 Å². The van der Waals surface area contributed by atoms with Crippen molar-refractivity contribution in [3.05, 3.63) is 0 Å². The molecule has 0 aromatic carbocycles. The van der Waals surface area contributed by atoms with Crippen molar-refractivity contribution >= 4 is 18.4 Å². The monoisotopic (exact) mass is 219 g/mol. The third kappa shape index (κ3) is 2.75. The van der Waals surface area contributed by atoms with Gasteiger partial charge in [-0.2, -0.15) is 0 Å². The quantitative estimate of drug-likeness (QED) is 0.678. The second-order valence-electron chi connectivity index (χ2n) is 3.83. The van der Waals surface area contributed by atoms with Crippen molar-refractivity contribution in [1.82, 2.24) is 15.5 Å². The number of carbonyl (C=O) groups excluding carboxylic acids is 1. The fourth-order valence-electron chi connectivity index (χ4n) is 1.96. The average molecular weight is 220 g/mol. The molecule has 0 aliphatic carbocycles. The van der Waals surface area contributed by atoms with Crippen LogP contribution >= 0.6 is 12.4 Å². The van der Waals surface area contributed by atoms with Gasteiger partial charge in [0.15, 0.2) is 0 Å². The molecule has 2 saturated heterocycles. The van der Waals surface area contributed by atoms with Crippen LogP contribution in [0.4, 0.5) is 4.79 Å². The summed E-state index contributed by atoms with van der Waals surface area (Å²) in [6.07, 6.45) is 3.40. The Kier molecular flexibility index (Phi) is 4.48. The largest absolute Gasteiger partial charge is 0.334 e. The zero-order valence-corrected chi connectivity index (χ0v) is 9.11. The molecule has 0 saturated carbocycles. The molecule has 2 aliphatic heterocycles. The number of halogens is 1. The van der Waals surface area contributed by atoms with Crippen LogP contribution in [0, 0.1) is 0 Å². The molecule has 0 spiro atoms. The normalized spacial score (nSPS) is 26.0. The molecule has 0 unspecified atom stereocenters. The summed E-state index contributed by atoms with van der Waals surface area (Å²) in [4.78, 5) is 13.5. The Hall–Kier alpha value is -0.480. The molecule has 0 aromatic heterocycles. The van der Waals surface area contributed by atoms with Crippen molar-refractivity contribution in [2.75, 3.05) is 26.2 Å². The molecule has 2 aliphatic rings. The predicted molar refractivity (Wildman–Crippen MR) is 57.9 cm³/mol. The smallest absolute Gasteiger partial charge is 0.317 e. The van der Waals surface area contributed by atoms with Gasteiger partial charge in [-0.3, -0.25) is 0 Å². The topological polar surface area (TPSA) is 44.4 Å². The second kappa shape index (κ2) is 5.41. The molecule has 2 rings (SSSR count). The summed E-state index contributed by atoms with van der Waals surface area (Å²) in [5.41, 5.74) is 0. The molecule has 2 heterocycles. The molecule has 5 heteroatoms. The van der Waals surface area contributed by atoms with Crippen molar-refractivity contribution in [2.24, 2.45) is 0 Å². The lowest BCUT2D eigenvalue weighted by Gasteiger charge is -2.19. The molecule has 4 nitrogen and oxygen atoms in total. The van der Waals surface area contributed by atoms with Gasteiger partial charge >= 0.3 is 6.03 Å². The minimum Gasteiger partial charge on any atom is -0.334 e. The van der Waals surface area contributed by atoms with Gasteiger partial charge < -0.3 is 15.5 Å². The summed E-state index contributed by atoms with van der Waals surface area (Å²) in [5, 5.41) is 6.28. The number of hydrogen-bond donors (Lipinski definition) is 2. The zero-order chi connectivity index (χ0) is 9.10. The van der Waals surface area contributed by atoms with Gasteiger partial charge in [0, 0.05) is 25.7 Å². The molecule has 0 radical (unpaired) electrons. The van der Waals surface area contributed by atoms with E-state index in [0.717, 1.165) is 45.4 Å². The van der Waals surface area contributed by atoms with E-state index >= 15 is 0 Å². The fraction of sp³-hybridized carbons (Fsp3) is 0.889. The van der Waals surface area contributed by atoms with Crippen LogP contribution in [-0.2, 0) is 0 Å². The molecule has 2 amide bonds. The molecule has 14 heavy (non-hydrogen) atoms. The van der Waals surface area contributed by atoms with Crippen molar-refractivity contribution in [3.63, 3.8) is 0 Å². The van der Waals surface area contributed by atoms with Crippen molar-refractivity contribution in [1.29, 1.82) is 0 Å². The van der Waals surface area contributed by atoms with Crippen molar-refractivity contribution in [3.8, 4) is 0 Å². The Balaban J connectivity index is 0.000000980. The lowest BCUT2D eigenvalue weighted by Crippen LogP contribution is -2.44. The van der Waals surface area contributed by atoms with Crippen molar-refractivity contribution in [2.45, 2.75) is 25.3 Å². The maximum absolute atomic E-state index is 11.6. The van der Waals surface area contributed by atoms with Gasteiger partial charge in [-0.05, 0) is 25.8 Å². The van der Waals surface area contributed by atoms with Gasteiger partial charge in [-0.25, -0.2) is 4.79 Å². The third-order valence-corrected chi connectivity index (χ3v) is 2.78. The van der Waals surface area contributed by atoms with Crippen LogP contribution in [0.25, 0.3) is 0 Å². The van der Waals surface area contributed by atoms with E-state index in [4.69, 9.17) is 0 Å². The molecule has 2 fully saturated rings. The standard InChI is InChI=1S/C9H17N3O.ClH/c13-9(12-5-1-2-6-12)11-8-3-4-10-7-8;/h8,10H,1-7H2,(H,11,13);1H/t8-;/m0./s1. The van der Waals surface area contributed by atoms with Crippen LogP contribution in [0.3, 0.4) is 0 Å². The van der Waals surface area contributed by atoms with Crippen LogP contribution in [0.15, 0.2) is 0 Å². The van der Waals surface area contributed by atoms with Crippen LogP contribution in [0.5, 0.6) is 0 Å². The van der Waals surface area contributed by atoms with Crippen LogP contribution < -0.4 is 10.6 Å². The fourth-order valence-corrected chi connectivity index (χ4v) is 1.96. The Morgan fingerprint density at radius 2 is 2.07 bits per heavy atom. The Bertz CT molecular complexity index is 188. The van der Waals surface area contributed by atoms with E-state index in [2.05, 4.69) is 10.6 Å². The highest BCUT2D eigenvalue weighted by molar-refractivity contribution is 5.85. The van der Waals surface area contributed by atoms with Crippen molar-refractivity contribution < 1.29 is 4.79 Å². The Morgan fingerprint density at radius 3 is 2.64 bits per heavy atom. The SMILES string of the molecule is Cl.O=C(N[C@H]1CCNC1)N1CCCC1. The number of hydrogen-bond acceptors (Lipinski definition) is 2. The van der Waals surface area contributed by atoms with Crippen LogP contribution in [-0.4, -0.2) is 43.2 Å². The maximum Gasteiger partial charge on any atom is 0.317 e. The molecule has 82 valence electrons. The summed E-state index contributed by atoms with van der Waals surface area (Å²) in [6.45, 7) is 3.84. The lowest BCUT2D eigenvalue weighted by molar-refractivity contribution is 0.205. The van der Waals surface area contributed by atoms with Gasteiger partial charge in [0.1, 0.15) is 0 Å². The highest BCUT2D eigenvalue weighted by Crippen LogP contribution is 2.08. The third-order valence-electron chi connectivity index (χ3n) is 2.78. The van der Waals surface area contributed by atoms with Gasteiger partial charge in [-0.1, -0.05) is 0 Å². The highest BCUT2D eigenvalue weighted by Gasteiger charge is 2.22. The van der Waals surface area contributed by atoms with E-state index in [0.29, 0.717) is 6.04 Å². The second-order valence-corrected chi connectivity index (χ2v) is 3.83. The van der Waals surface area contributed by atoms with E-state index in [-0.39, 0.29) is 18.4 Å². The van der Waals surface area contributed by atoms with Gasteiger partial charge in [0.2, 0.25) is 0 Å². The van der Waals surface area contributed by atoms with E-state index in [1.807, 2.05) is 4.90 Å². The van der Waals surface area contributed by atoms with Crippen LogP contribution in [0.2, 0.25) is 0 Å². The summed E-state index contributed by atoms with van der Waals surface area (Å²) >= 11 is 0. The first-order valence-electron chi connectivity index (χ1n) is 5.12. The van der Waals surface area contributed by atoms with Gasteiger partial charge in [-0.15, -0.1) is 12.4 Å². The molecule has 0 aromatic rings. The summed E-state index contributed by atoms with van der Waals surface area (Å²) < 4.78 is 0. The summed E-state index contributed by atoms with van der Waals surface area (Å²) in [7, 11) is 0. The van der Waals surface area contributed by atoms with E-state index in [1.165, 1.54) is 0 Å². The number of nitrogens with one attached hydrogen (secondary N) is 2. The zero-order valence-electron chi connectivity index (χ0n) is 8.29. The first-order valence-corrected chi connectivity index (χ1v) is 5.12. The van der Waals surface area contributed by atoms with E-state index in [1.54, 1.807) is 0 Å².